The van der Waals surface area contributed by atoms with Crippen molar-refractivity contribution < 1.29 is 14.6 Å². The van der Waals surface area contributed by atoms with E-state index in [0.717, 1.165) is 39.0 Å². The zero-order chi connectivity index (χ0) is 15.1. The van der Waals surface area contributed by atoms with Crippen molar-refractivity contribution in [2.24, 2.45) is 5.92 Å². The maximum absolute atomic E-state index is 11.0. The number of carbonyl (C=O) groups is 1. The Morgan fingerprint density at radius 3 is 2.62 bits per heavy atom. The van der Waals surface area contributed by atoms with Gasteiger partial charge in [0.2, 0.25) is 0 Å². The van der Waals surface area contributed by atoms with Crippen molar-refractivity contribution in [1.29, 1.82) is 0 Å². The molecule has 0 bridgehead atoms. The number of piperidine rings is 1. The number of hydrogen-bond donors (Lipinski definition) is 1. The number of benzene rings is 1. The van der Waals surface area contributed by atoms with Crippen LogP contribution in [0.2, 0.25) is 0 Å². The molecule has 0 aliphatic carbocycles. The summed E-state index contributed by atoms with van der Waals surface area (Å²) in [5.41, 5.74) is 1.21. The minimum atomic E-state index is -0.723. The lowest BCUT2D eigenvalue weighted by molar-refractivity contribution is -0.143. The first-order valence-electron chi connectivity index (χ1n) is 7.75. The fourth-order valence-corrected chi connectivity index (χ4v) is 2.80. The third-order valence-corrected chi connectivity index (χ3v) is 4.34. The van der Waals surface area contributed by atoms with E-state index < -0.39 is 5.97 Å². The van der Waals surface area contributed by atoms with Gasteiger partial charge in [-0.2, -0.15) is 0 Å². The fourth-order valence-electron chi connectivity index (χ4n) is 2.80. The molecule has 1 fully saturated rings. The smallest absolute Gasteiger partial charge is 0.320 e. The zero-order valence-electron chi connectivity index (χ0n) is 12.7. The largest absolute Gasteiger partial charge is 0.480 e. The van der Waals surface area contributed by atoms with Crippen LogP contribution in [0.5, 0.6) is 0 Å². The van der Waals surface area contributed by atoms with Crippen molar-refractivity contribution in [2.45, 2.75) is 38.8 Å². The molecule has 0 aromatic heterocycles. The summed E-state index contributed by atoms with van der Waals surface area (Å²) in [6, 6.07) is 9.85. The van der Waals surface area contributed by atoms with Crippen molar-refractivity contribution in [3.63, 3.8) is 0 Å². The molecule has 4 heteroatoms. The van der Waals surface area contributed by atoms with E-state index in [4.69, 9.17) is 9.84 Å². The highest BCUT2D eigenvalue weighted by Gasteiger charge is 2.25. The number of carboxylic acids is 1. The lowest BCUT2D eigenvalue weighted by Crippen LogP contribution is -2.44. The van der Waals surface area contributed by atoms with Crippen LogP contribution in [0.4, 0.5) is 0 Å². The van der Waals surface area contributed by atoms with E-state index in [9.17, 15) is 4.79 Å². The molecule has 2 rings (SSSR count). The van der Waals surface area contributed by atoms with Crippen molar-refractivity contribution in [2.75, 3.05) is 19.7 Å². The average Bonchev–Trinajstić information content (AvgIpc) is 2.52. The van der Waals surface area contributed by atoms with Crippen LogP contribution in [-0.2, 0) is 16.1 Å². The van der Waals surface area contributed by atoms with Crippen LogP contribution in [0.1, 0.15) is 31.7 Å². The number of nitrogens with zero attached hydrogens (tertiary/aromatic N) is 1. The second-order valence-corrected chi connectivity index (χ2v) is 5.82. The van der Waals surface area contributed by atoms with Gasteiger partial charge in [-0.05, 0) is 50.8 Å². The Hall–Kier alpha value is -1.39. The molecule has 1 saturated heterocycles. The Balaban J connectivity index is 1.60. The van der Waals surface area contributed by atoms with Crippen molar-refractivity contribution in [3.8, 4) is 0 Å². The van der Waals surface area contributed by atoms with Gasteiger partial charge in [0, 0.05) is 6.61 Å². The highest BCUT2D eigenvalue weighted by molar-refractivity contribution is 5.72. The fraction of sp³-hybridized carbons (Fsp3) is 0.588. The van der Waals surface area contributed by atoms with Crippen molar-refractivity contribution >= 4 is 5.97 Å². The molecule has 0 amide bonds. The first kappa shape index (κ1) is 16.0. The lowest BCUT2D eigenvalue weighted by atomic mass is 9.93. The maximum Gasteiger partial charge on any atom is 0.320 e. The highest BCUT2D eigenvalue weighted by Crippen LogP contribution is 2.22. The predicted octanol–water partition coefficient (Wildman–Crippen LogP) is 2.78. The molecule has 0 radical (unpaired) electrons. The second-order valence-electron chi connectivity index (χ2n) is 5.82. The van der Waals surface area contributed by atoms with E-state index >= 15 is 0 Å². The zero-order valence-corrected chi connectivity index (χ0v) is 12.7. The van der Waals surface area contributed by atoms with Gasteiger partial charge in [0.05, 0.1) is 6.61 Å². The molecule has 1 aromatic rings. The average molecular weight is 291 g/mol. The van der Waals surface area contributed by atoms with Gasteiger partial charge in [-0.15, -0.1) is 0 Å². The number of aliphatic carboxylic acids is 1. The molecule has 0 spiro atoms. The standard InChI is InChI=1S/C17H25NO3/c1-14(17(19)20)18-10-7-15(8-11-18)9-12-21-13-16-5-3-2-4-6-16/h2-6,14-15H,7-13H2,1H3,(H,19,20). The van der Waals surface area contributed by atoms with Gasteiger partial charge in [0.15, 0.2) is 0 Å². The number of hydrogen-bond acceptors (Lipinski definition) is 3. The van der Waals surface area contributed by atoms with Gasteiger partial charge in [-0.25, -0.2) is 0 Å². The van der Waals surface area contributed by atoms with Crippen LogP contribution >= 0.6 is 0 Å². The first-order chi connectivity index (χ1) is 10.2. The van der Waals surface area contributed by atoms with Crippen LogP contribution in [0.3, 0.4) is 0 Å². The number of likely N-dealkylation sites (tertiary alicyclic amines) is 1. The molecule has 1 atom stereocenters. The van der Waals surface area contributed by atoms with Gasteiger partial charge in [0.25, 0.3) is 0 Å². The van der Waals surface area contributed by atoms with Crippen molar-refractivity contribution in [1.82, 2.24) is 4.90 Å². The Bertz CT molecular complexity index is 427. The van der Waals surface area contributed by atoms with E-state index in [1.54, 1.807) is 6.92 Å². The van der Waals surface area contributed by atoms with Gasteiger partial charge in [-0.3, -0.25) is 9.69 Å². The Morgan fingerprint density at radius 1 is 1.33 bits per heavy atom. The van der Waals surface area contributed by atoms with Crippen LogP contribution in [0, 0.1) is 5.92 Å². The van der Waals surface area contributed by atoms with Crippen LogP contribution < -0.4 is 0 Å². The monoisotopic (exact) mass is 291 g/mol. The topological polar surface area (TPSA) is 49.8 Å². The van der Waals surface area contributed by atoms with E-state index in [0.29, 0.717) is 12.5 Å². The molecule has 1 aromatic carbocycles. The van der Waals surface area contributed by atoms with Crippen molar-refractivity contribution in [3.05, 3.63) is 35.9 Å². The quantitative estimate of drug-likeness (QED) is 0.785. The predicted molar refractivity (Wildman–Crippen MR) is 82.1 cm³/mol. The van der Waals surface area contributed by atoms with E-state index in [2.05, 4.69) is 17.0 Å². The summed E-state index contributed by atoms with van der Waals surface area (Å²) in [4.78, 5) is 13.0. The summed E-state index contributed by atoms with van der Waals surface area (Å²) in [7, 11) is 0. The third-order valence-electron chi connectivity index (χ3n) is 4.34. The maximum atomic E-state index is 11.0. The summed E-state index contributed by atoms with van der Waals surface area (Å²) < 4.78 is 5.73. The van der Waals surface area contributed by atoms with Gasteiger partial charge >= 0.3 is 5.97 Å². The molecule has 1 N–H and O–H groups in total. The Labute approximate surface area is 126 Å². The summed E-state index contributed by atoms with van der Waals surface area (Å²) >= 11 is 0. The highest BCUT2D eigenvalue weighted by atomic mass is 16.5. The van der Waals surface area contributed by atoms with E-state index in [1.807, 2.05) is 18.2 Å². The number of rotatable bonds is 7. The van der Waals surface area contributed by atoms with Crippen LogP contribution in [-0.4, -0.2) is 41.7 Å². The molecule has 116 valence electrons. The summed E-state index contributed by atoms with van der Waals surface area (Å²) in [5, 5.41) is 9.02. The van der Waals surface area contributed by atoms with Gasteiger partial charge < -0.3 is 9.84 Å². The SMILES string of the molecule is CC(C(=O)O)N1CCC(CCOCc2ccccc2)CC1. The Morgan fingerprint density at radius 2 is 2.00 bits per heavy atom. The van der Waals surface area contributed by atoms with Gasteiger partial charge in [0.1, 0.15) is 6.04 Å². The van der Waals surface area contributed by atoms with E-state index in [-0.39, 0.29) is 6.04 Å². The summed E-state index contributed by atoms with van der Waals surface area (Å²) in [6.07, 6.45) is 3.22. The second kappa shape index (κ2) is 8.15. The summed E-state index contributed by atoms with van der Waals surface area (Å²) in [6.45, 7) is 5.00. The lowest BCUT2D eigenvalue weighted by Gasteiger charge is -2.34. The van der Waals surface area contributed by atoms with Crippen LogP contribution in [0.15, 0.2) is 30.3 Å². The normalized spacial score (nSPS) is 18.5. The van der Waals surface area contributed by atoms with E-state index in [1.165, 1.54) is 5.56 Å². The number of ether oxygens (including phenoxy) is 1. The molecule has 1 unspecified atom stereocenters. The molecule has 4 nitrogen and oxygen atoms in total. The Kier molecular flexibility index (Phi) is 6.21. The molecule has 0 saturated carbocycles. The molecular weight excluding hydrogens is 266 g/mol. The van der Waals surface area contributed by atoms with Gasteiger partial charge in [-0.1, -0.05) is 30.3 Å². The number of carboxylic acid groups (broad SMARTS) is 1. The first-order valence-corrected chi connectivity index (χ1v) is 7.75. The molecule has 21 heavy (non-hydrogen) atoms. The third kappa shape index (κ3) is 5.14. The van der Waals surface area contributed by atoms with Crippen LogP contribution in [0.25, 0.3) is 0 Å². The molecular formula is C17H25NO3. The minimum absolute atomic E-state index is 0.361. The molecule has 1 aliphatic rings. The summed E-state index contributed by atoms with van der Waals surface area (Å²) in [5.74, 6) is -0.0577. The molecule has 1 aliphatic heterocycles. The minimum Gasteiger partial charge on any atom is -0.480 e. The molecule has 1 heterocycles.